The van der Waals surface area contributed by atoms with Crippen LogP contribution < -0.4 is 5.32 Å². The van der Waals surface area contributed by atoms with Crippen molar-refractivity contribution < 1.29 is 14.7 Å². The Morgan fingerprint density at radius 2 is 1.84 bits per heavy atom. The van der Waals surface area contributed by atoms with Crippen LogP contribution in [0.1, 0.15) is 30.7 Å². The molecule has 2 N–H and O–H groups in total. The summed E-state index contributed by atoms with van der Waals surface area (Å²) in [5.41, 5.74) is 1.35. The van der Waals surface area contributed by atoms with Crippen molar-refractivity contribution in [1.29, 1.82) is 0 Å². The zero-order valence-corrected chi connectivity index (χ0v) is 11.0. The highest BCUT2D eigenvalue weighted by atomic mass is 32.1. The summed E-state index contributed by atoms with van der Waals surface area (Å²) < 4.78 is 0. The minimum Gasteiger partial charge on any atom is -0.477 e. The summed E-state index contributed by atoms with van der Waals surface area (Å²) in [6, 6.07) is 2.82. The summed E-state index contributed by atoms with van der Waals surface area (Å²) >= 11 is 0.888. The number of aromatic carboxylic acids is 1. The second-order valence-corrected chi connectivity index (χ2v) is 4.81. The highest BCUT2D eigenvalue weighted by Crippen LogP contribution is 2.17. The molecule has 0 unspecified atom stereocenters. The third-order valence-electron chi connectivity index (χ3n) is 2.36. The van der Waals surface area contributed by atoms with Gasteiger partial charge in [-0.2, -0.15) is 5.10 Å². The lowest BCUT2D eigenvalue weighted by Gasteiger charge is -2.02. The maximum atomic E-state index is 11.8. The molecule has 0 aromatic carbocycles. The fourth-order valence-corrected chi connectivity index (χ4v) is 1.99. The molecule has 0 atom stereocenters. The lowest BCUT2D eigenvalue weighted by atomic mass is 10.4. The minimum atomic E-state index is -1.06. The van der Waals surface area contributed by atoms with Gasteiger partial charge >= 0.3 is 5.97 Å². The number of hydrogen-bond donors (Lipinski definition) is 2. The number of carboxylic acid groups (broad SMARTS) is 1. The van der Waals surface area contributed by atoms with Crippen LogP contribution in [-0.2, 0) is 0 Å². The molecule has 8 heteroatoms. The molecule has 2 aromatic heterocycles. The van der Waals surface area contributed by atoms with Crippen LogP contribution in [-0.4, -0.2) is 32.2 Å². The smallest absolute Gasteiger partial charge is 0.345 e. The minimum absolute atomic E-state index is 0.0957. The van der Waals surface area contributed by atoms with Crippen molar-refractivity contribution in [1.82, 2.24) is 15.2 Å². The normalized spacial score (nSPS) is 10.2. The van der Waals surface area contributed by atoms with E-state index in [1.807, 2.05) is 0 Å². The lowest BCUT2D eigenvalue weighted by Crippen LogP contribution is -2.14. The number of nitrogens with one attached hydrogen (secondary N) is 1. The van der Waals surface area contributed by atoms with Crippen LogP contribution in [0.5, 0.6) is 0 Å². The maximum Gasteiger partial charge on any atom is 0.345 e. The van der Waals surface area contributed by atoms with Crippen LogP contribution >= 0.6 is 11.3 Å². The van der Waals surface area contributed by atoms with Gasteiger partial charge in [-0.1, -0.05) is 0 Å². The molecule has 2 aromatic rings. The molecule has 7 nitrogen and oxygen atoms in total. The van der Waals surface area contributed by atoms with Crippen LogP contribution in [0, 0.1) is 13.8 Å². The Kier molecular flexibility index (Phi) is 3.52. The van der Waals surface area contributed by atoms with Crippen molar-refractivity contribution in [3.8, 4) is 0 Å². The molecule has 98 valence electrons. The molecular weight excluding hydrogens is 268 g/mol. The Morgan fingerprint density at radius 1 is 1.16 bits per heavy atom. The second-order valence-electron chi connectivity index (χ2n) is 3.73. The summed E-state index contributed by atoms with van der Waals surface area (Å²) in [5.74, 6) is -1.42. The zero-order valence-electron chi connectivity index (χ0n) is 10.2. The number of rotatable bonds is 3. The molecule has 0 spiro atoms. The number of hydrogen-bond acceptors (Lipinski definition) is 6. The van der Waals surface area contributed by atoms with Gasteiger partial charge in [0.1, 0.15) is 4.88 Å². The number of carbonyl (C=O) groups is 2. The van der Waals surface area contributed by atoms with Crippen LogP contribution in [0.25, 0.3) is 0 Å². The molecule has 0 radical (unpaired) electrons. The molecule has 1 amide bonds. The van der Waals surface area contributed by atoms with Crippen molar-refractivity contribution >= 4 is 29.2 Å². The van der Waals surface area contributed by atoms with Gasteiger partial charge in [0.25, 0.3) is 5.91 Å². The quantitative estimate of drug-likeness (QED) is 0.881. The van der Waals surface area contributed by atoms with E-state index in [0.717, 1.165) is 11.3 Å². The lowest BCUT2D eigenvalue weighted by molar-refractivity contribution is 0.0702. The largest absolute Gasteiger partial charge is 0.477 e. The third-order valence-corrected chi connectivity index (χ3v) is 3.43. The van der Waals surface area contributed by atoms with Gasteiger partial charge in [0.05, 0.1) is 16.3 Å². The van der Waals surface area contributed by atoms with Crippen molar-refractivity contribution in [2.75, 3.05) is 5.32 Å². The predicted molar refractivity (Wildman–Crippen MR) is 68.5 cm³/mol. The fourth-order valence-electron chi connectivity index (χ4n) is 1.25. The third kappa shape index (κ3) is 2.91. The van der Waals surface area contributed by atoms with E-state index in [-0.39, 0.29) is 15.7 Å². The topological polar surface area (TPSA) is 105 Å². The van der Waals surface area contributed by atoms with Gasteiger partial charge in [-0.3, -0.25) is 10.1 Å². The molecule has 0 aliphatic heterocycles. The highest BCUT2D eigenvalue weighted by Gasteiger charge is 2.14. The van der Waals surface area contributed by atoms with Gasteiger partial charge in [0.2, 0.25) is 5.95 Å². The Bertz CT molecular complexity index is 653. The summed E-state index contributed by atoms with van der Waals surface area (Å²) in [6.07, 6.45) is 0. The first-order valence-electron chi connectivity index (χ1n) is 5.30. The van der Waals surface area contributed by atoms with Gasteiger partial charge < -0.3 is 5.11 Å². The highest BCUT2D eigenvalue weighted by molar-refractivity contribution is 7.15. The summed E-state index contributed by atoms with van der Waals surface area (Å²) in [7, 11) is 0. The number of aromatic nitrogens is 3. The molecule has 0 aliphatic carbocycles. The Hall–Kier alpha value is -2.35. The Labute approximate surface area is 112 Å². The Morgan fingerprint density at radius 3 is 2.42 bits per heavy atom. The van der Waals surface area contributed by atoms with Gasteiger partial charge in [0, 0.05) is 0 Å². The zero-order chi connectivity index (χ0) is 14.0. The molecule has 2 rings (SSSR count). The molecule has 0 fully saturated rings. The van der Waals surface area contributed by atoms with Crippen LogP contribution in [0.4, 0.5) is 5.95 Å². The van der Waals surface area contributed by atoms with E-state index in [1.165, 1.54) is 12.1 Å². The number of aryl methyl sites for hydroxylation is 2. The van der Waals surface area contributed by atoms with E-state index in [4.69, 9.17) is 5.11 Å². The van der Waals surface area contributed by atoms with Crippen molar-refractivity contribution in [3.63, 3.8) is 0 Å². The second kappa shape index (κ2) is 5.11. The summed E-state index contributed by atoms with van der Waals surface area (Å²) in [5, 5.41) is 18.8. The summed E-state index contributed by atoms with van der Waals surface area (Å²) in [4.78, 5) is 27.0. The standard InChI is InChI=1S/C11H10N4O3S/c1-5-6(2)14-15-11(12-5)13-9(16)7-3-4-8(19-7)10(17)18/h3-4H,1-2H3,(H,17,18)(H,12,13,15,16). The molecular formula is C11H10N4O3S. The van der Waals surface area contributed by atoms with Crippen LogP contribution in [0.3, 0.4) is 0 Å². The first-order valence-corrected chi connectivity index (χ1v) is 6.11. The van der Waals surface area contributed by atoms with E-state index < -0.39 is 11.9 Å². The number of carboxylic acids is 1. The average molecular weight is 278 g/mol. The Balaban J connectivity index is 2.15. The number of thiophene rings is 1. The van der Waals surface area contributed by atoms with E-state index in [9.17, 15) is 9.59 Å². The monoisotopic (exact) mass is 278 g/mol. The van der Waals surface area contributed by atoms with Crippen molar-refractivity contribution in [2.45, 2.75) is 13.8 Å². The molecule has 0 bridgehead atoms. The number of anilines is 1. The average Bonchev–Trinajstić information content (AvgIpc) is 2.83. The van der Waals surface area contributed by atoms with Crippen LogP contribution in [0.15, 0.2) is 12.1 Å². The molecule has 0 aliphatic rings. The molecule has 19 heavy (non-hydrogen) atoms. The van der Waals surface area contributed by atoms with Gasteiger partial charge in [0.15, 0.2) is 0 Å². The fraction of sp³-hybridized carbons (Fsp3) is 0.182. The van der Waals surface area contributed by atoms with Crippen molar-refractivity contribution in [3.05, 3.63) is 33.3 Å². The number of carbonyl (C=O) groups excluding carboxylic acids is 1. The van der Waals surface area contributed by atoms with Gasteiger partial charge in [-0.05, 0) is 26.0 Å². The predicted octanol–water partition coefficient (Wildman–Crippen LogP) is 1.50. The van der Waals surface area contributed by atoms with E-state index in [0.29, 0.717) is 11.4 Å². The first kappa shape index (κ1) is 13.1. The number of nitrogens with zero attached hydrogens (tertiary/aromatic N) is 3. The molecule has 2 heterocycles. The summed E-state index contributed by atoms with van der Waals surface area (Å²) in [6.45, 7) is 3.52. The van der Waals surface area contributed by atoms with Gasteiger partial charge in [-0.15, -0.1) is 16.4 Å². The van der Waals surface area contributed by atoms with E-state index in [1.54, 1.807) is 13.8 Å². The van der Waals surface area contributed by atoms with E-state index in [2.05, 4.69) is 20.5 Å². The maximum absolute atomic E-state index is 11.8. The SMILES string of the molecule is Cc1nnc(NC(=O)c2ccc(C(=O)O)s2)nc1C. The van der Waals surface area contributed by atoms with E-state index >= 15 is 0 Å². The first-order chi connectivity index (χ1) is 8.97. The molecule has 0 saturated heterocycles. The van der Waals surface area contributed by atoms with Crippen LogP contribution in [0.2, 0.25) is 0 Å². The van der Waals surface area contributed by atoms with Crippen molar-refractivity contribution in [2.24, 2.45) is 0 Å². The number of amides is 1. The van der Waals surface area contributed by atoms with Gasteiger partial charge in [-0.25, -0.2) is 9.78 Å². The molecule has 0 saturated carbocycles.